The van der Waals surface area contributed by atoms with Gasteiger partial charge in [0.05, 0.1) is 11.6 Å². The minimum atomic E-state index is 0.487. The first-order valence-corrected chi connectivity index (χ1v) is 10.5. The number of anilines is 2. The van der Waals surface area contributed by atoms with E-state index in [1.165, 1.54) is 48.6 Å². The molecule has 7 heteroatoms. The average Bonchev–Trinajstić information content (AvgIpc) is 3.33. The molecule has 3 aromatic heterocycles. The highest BCUT2D eigenvalue weighted by Crippen LogP contribution is 2.26. The van der Waals surface area contributed by atoms with Crippen LogP contribution in [0, 0.1) is 0 Å². The number of hydrogen-bond acceptors (Lipinski definition) is 5. The summed E-state index contributed by atoms with van der Waals surface area (Å²) >= 11 is 0. The van der Waals surface area contributed by atoms with E-state index in [9.17, 15) is 0 Å². The van der Waals surface area contributed by atoms with Gasteiger partial charge in [0, 0.05) is 36.7 Å². The van der Waals surface area contributed by atoms with Gasteiger partial charge in [-0.15, -0.1) is 0 Å². The Bertz CT molecular complexity index is 1120. The Morgan fingerprint density at radius 1 is 1.10 bits per heavy atom. The van der Waals surface area contributed by atoms with Gasteiger partial charge in [-0.25, -0.2) is 0 Å². The minimum Gasteiger partial charge on any atom is -0.367 e. The van der Waals surface area contributed by atoms with Crippen molar-refractivity contribution in [3.8, 4) is 0 Å². The summed E-state index contributed by atoms with van der Waals surface area (Å²) in [5.74, 6) is 1.55. The number of aromatic nitrogens is 5. The van der Waals surface area contributed by atoms with Gasteiger partial charge in [0.15, 0.2) is 5.65 Å². The lowest BCUT2D eigenvalue weighted by molar-refractivity contribution is 0.462. The van der Waals surface area contributed by atoms with Crippen LogP contribution in [-0.2, 0) is 13.5 Å². The molecule has 1 aromatic carbocycles. The Hall–Kier alpha value is -3.09. The molecule has 1 aliphatic carbocycles. The second kappa shape index (κ2) is 7.73. The molecular weight excluding hydrogens is 362 g/mol. The highest BCUT2D eigenvalue weighted by Gasteiger charge is 2.17. The van der Waals surface area contributed by atoms with Crippen LogP contribution in [-0.4, -0.2) is 37.3 Å². The molecule has 1 aliphatic rings. The van der Waals surface area contributed by atoms with Crippen molar-refractivity contribution in [2.45, 2.75) is 44.6 Å². The molecule has 0 atom stereocenters. The van der Waals surface area contributed by atoms with E-state index in [2.05, 4.69) is 51.2 Å². The predicted molar refractivity (Wildman–Crippen MR) is 117 cm³/mol. The molecule has 29 heavy (non-hydrogen) atoms. The maximum Gasteiger partial charge on any atom is 0.226 e. The summed E-state index contributed by atoms with van der Waals surface area (Å²) < 4.78 is 1.81. The van der Waals surface area contributed by atoms with E-state index in [4.69, 9.17) is 9.97 Å². The maximum atomic E-state index is 4.80. The summed E-state index contributed by atoms with van der Waals surface area (Å²) in [6.07, 6.45) is 11.2. The highest BCUT2D eigenvalue weighted by molar-refractivity contribution is 5.87. The van der Waals surface area contributed by atoms with E-state index in [0.717, 1.165) is 29.8 Å². The fourth-order valence-electron chi connectivity index (χ4n) is 4.30. The lowest BCUT2D eigenvalue weighted by Crippen LogP contribution is -2.23. The van der Waals surface area contributed by atoms with Gasteiger partial charge in [0.1, 0.15) is 5.82 Å². The molecule has 0 radical (unpaired) electrons. The first kappa shape index (κ1) is 18.0. The molecule has 0 aliphatic heterocycles. The third-order valence-corrected chi connectivity index (χ3v) is 5.89. The summed E-state index contributed by atoms with van der Waals surface area (Å²) in [6, 6.07) is 8.88. The largest absolute Gasteiger partial charge is 0.367 e. The molecule has 0 bridgehead atoms. The summed E-state index contributed by atoms with van der Waals surface area (Å²) in [4.78, 5) is 12.8. The average molecular weight is 390 g/mol. The Morgan fingerprint density at radius 3 is 2.86 bits per heavy atom. The number of aromatic amines is 1. The number of hydrogen-bond donors (Lipinski definition) is 3. The molecule has 1 fully saturated rings. The Labute approximate surface area is 169 Å². The second-order valence-corrected chi connectivity index (χ2v) is 7.92. The van der Waals surface area contributed by atoms with Crippen LogP contribution < -0.4 is 10.6 Å². The third kappa shape index (κ3) is 3.64. The number of fused-ring (bicyclic) bond motifs is 2. The van der Waals surface area contributed by atoms with E-state index < -0.39 is 0 Å². The van der Waals surface area contributed by atoms with Gasteiger partial charge in [0.25, 0.3) is 0 Å². The van der Waals surface area contributed by atoms with Crippen LogP contribution >= 0.6 is 0 Å². The maximum absolute atomic E-state index is 4.80. The van der Waals surface area contributed by atoms with Gasteiger partial charge in [0.2, 0.25) is 5.95 Å². The third-order valence-electron chi connectivity index (χ3n) is 5.89. The zero-order chi connectivity index (χ0) is 19.6. The van der Waals surface area contributed by atoms with Gasteiger partial charge >= 0.3 is 0 Å². The number of rotatable bonds is 6. The number of aryl methyl sites for hydroxylation is 1. The molecule has 7 nitrogen and oxygen atoms in total. The van der Waals surface area contributed by atoms with E-state index in [1.807, 2.05) is 17.9 Å². The van der Waals surface area contributed by atoms with E-state index in [0.29, 0.717) is 12.0 Å². The van der Waals surface area contributed by atoms with Crippen LogP contribution in [0.4, 0.5) is 11.8 Å². The molecule has 0 unspecified atom stereocenters. The van der Waals surface area contributed by atoms with Gasteiger partial charge in [-0.3, -0.25) is 4.68 Å². The molecule has 0 saturated heterocycles. The fraction of sp³-hybridized carbons (Fsp3) is 0.409. The molecule has 0 spiro atoms. The normalized spacial score (nSPS) is 15.2. The molecule has 3 N–H and O–H groups in total. The van der Waals surface area contributed by atoms with Crippen molar-refractivity contribution in [2.75, 3.05) is 17.2 Å². The van der Waals surface area contributed by atoms with Gasteiger partial charge in [-0.1, -0.05) is 37.5 Å². The van der Waals surface area contributed by atoms with E-state index in [1.54, 1.807) is 0 Å². The summed E-state index contributed by atoms with van der Waals surface area (Å²) in [6.45, 7) is 0.772. The van der Waals surface area contributed by atoms with Crippen molar-refractivity contribution < 1.29 is 0 Å². The first-order chi connectivity index (χ1) is 14.3. The summed E-state index contributed by atoms with van der Waals surface area (Å²) in [5, 5.41) is 13.7. The number of H-pyrrole nitrogens is 1. The van der Waals surface area contributed by atoms with Crippen molar-refractivity contribution in [1.29, 1.82) is 0 Å². The Balaban J connectivity index is 1.34. The van der Waals surface area contributed by atoms with Crippen molar-refractivity contribution >= 4 is 33.7 Å². The quantitative estimate of drug-likeness (QED) is 0.459. The standard InChI is InChI=1S/C22H27N7/c1-29-21-18(14-25-29)20(26-16-7-3-2-4-8-16)27-22(28-21)23-12-11-15-13-24-19-10-6-5-9-17(15)19/h5-6,9-10,13-14,16,24H,2-4,7-8,11-12H2,1H3,(H2,23,26,27,28). The smallest absolute Gasteiger partial charge is 0.226 e. The number of nitrogens with zero attached hydrogens (tertiary/aromatic N) is 4. The number of nitrogens with one attached hydrogen (secondary N) is 3. The molecule has 0 amide bonds. The number of benzene rings is 1. The van der Waals surface area contributed by atoms with Crippen LogP contribution in [0.1, 0.15) is 37.7 Å². The Kier molecular flexibility index (Phi) is 4.79. The first-order valence-electron chi connectivity index (χ1n) is 10.5. The van der Waals surface area contributed by atoms with Crippen molar-refractivity contribution in [1.82, 2.24) is 24.7 Å². The van der Waals surface area contributed by atoms with Gasteiger partial charge < -0.3 is 15.6 Å². The summed E-state index contributed by atoms with van der Waals surface area (Å²) in [5.41, 5.74) is 3.33. The van der Waals surface area contributed by atoms with Crippen LogP contribution in [0.15, 0.2) is 36.7 Å². The predicted octanol–water partition coefficient (Wildman–Crippen LogP) is 4.24. The van der Waals surface area contributed by atoms with Crippen LogP contribution in [0.3, 0.4) is 0 Å². The lowest BCUT2D eigenvalue weighted by atomic mass is 9.95. The fourth-order valence-corrected chi connectivity index (χ4v) is 4.30. The van der Waals surface area contributed by atoms with E-state index >= 15 is 0 Å². The molecule has 4 aromatic rings. The second-order valence-electron chi connectivity index (χ2n) is 7.92. The Morgan fingerprint density at radius 2 is 1.97 bits per heavy atom. The van der Waals surface area contributed by atoms with Gasteiger partial charge in [-0.05, 0) is 30.9 Å². The number of para-hydroxylation sites is 1. The lowest BCUT2D eigenvalue weighted by Gasteiger charge is -2.23. The molecule has 3 heterocycles. The molecule has 150 valence electrons. The molecule has 1 saturated carbocycles. The molecule has 5 rings (SSSR count). The topological polar surface area (TPSA) is 83.5 Å². The SMILES string of the molecule is Cn1ncc2c(NC3CCCCC3)nc(NCCc3c[nH]c4ccccc34)nc21. The van der Waals surface area contributed by atoms with Crippen molar-refractivity contribution in [2.24, 2.45) is 7.05 Å². The van der Waals surface area contributed by atoms with Crippen molar-refractivity contribution in [3.05, 3.63) is 42.2 Å². The minimum absolute atomic E-state index is 0.487. The highest BCUT2D eigenvalue weighted by atomic mass is 15.3. The zero-order valence-corrected chi connectivity index (χ0v) is 16.8. The van der Waals surface area contributed by atoms with Crippen LogP contribution in [0.5, 0.6) is 0 Å². The molecular formula is C22H27N7. The van der Waals surface area contributed by atoms with Crippen LogP contribution in [0.25, 0.3) is 21.9 Å². The monoisotopic (exact) mass is 389 g/mol. The summed E-state index contributed by atoms with van der Waals surface area (Å²) in [7, 11) is 1.93. The van der Waals surface area contributed by atoms with Crippen LogP contribution in [0.2, 0.25) is 0 Å². The zero-order valence-electron chi connectivity index (χ0n) is 16.8. The van der Waals surface area contributed by atoms with Crippen molar-refractivity contribution in [3.63, 3.8) is 0 Å². The van der Waals surface area contributed by atoms with Gasteiger partial charge in [-0.2, -0.15) is 15.1 Å². The van der Waals surface area contributed by atoms with E-state index in [-0.39, 0.29) is 0 Å².